The lowest BCUT2D eigenvalue weighted by Crippen LogP contribution is -2.35. The highest BCUT2D eigenvalue weighted by Crippen LogP contribution is 2.17. The van der Waals surface area contributed by atoms with E-state index in [0.717, 1.165) is 19.9 Å². The summed E-state index contributed by atoms with van der Waals surface area (Å²) in [6, 6.07) is 3.84. The first-order valence-corrected chi connectivity index (χ1v) is 9.83. The SMILES string of the molecule is CC.CC.CC(=O)N(OC(=O)c1cc(C)cc(C(=O)ON2C(=O)CCC2=O)c1)C(C)=O. The van der Waals surface area contributed by atoms with E-state index in [-0.39, 0.29) is 29.0 Å². The van der Waals surface area contributed by atoms with Gasteiger partial charge in [0.1, 0.15) is 0 Å². The van der Waals surface area contributed by atoms with Gasteiger partial charge in [0.15, 0.2) is 0 Å². The number of hydrogen-bond acceptors (Lipinski definition) is 8. The molecule has 170 valence electrons. The number of hydrogen-bond donors (Lipinski definition) is 0. The van der Waals surface area contributed by atoms with Crippen molar-refractivity contribution in [2.75, 3.05) is 0 Å². The molecule has 31 heavy (non-hydrogen) atoms. The Morgan fingerprint density at radius 3 is 1.65 bits per heavy atom. The van der Waals surface area contributed by atoms with Gasteiger partial charge in [-0.05, 0) is 30.7 Å². The van der Waals surface area contributed by atoms with Gasteiger partial charge in [0.25, 0.3) is 23.6 Å². The van der Waals surface area contributed by atoms with Gasteiger partial charge >= 0.3 is 11.9 Å². The number of hydroxylamine groups is 4. The maximum atomic E-state index is 12.2. The highest BCUT2D eigenvalue weighted by atomic mass is 16.7. The summed E-state index contributed by atoms with van der Waals surface area (Å²) in [5, 5.41) is 0.667. The van der Waals surface area contributed by atoms with Crippen molar-refractivity contribution in [3.8, 4) is 0 Å². The largest absolute Gasteiger partial charge is 0.363 e. The van der Waals surface area contributed by atoms with Gasteiger partial charge in [-0.3, -0.25) is 19.2 Å². The van der Waals surface area contributed by atoms with E-state index in [4.69, 9.17) is 9.68 Å². The fraction of sp³-hybridized carbons (Fsp3) is 0.429. The normalized spacial score (nSPS) is 12.0. The minimum atomic E-state index is -1.05. The van der Waals surface area contributed by atoms with Gasteiger partial charge < -0.3 is 9.68 Å². The highest BCUT2D eigenvalue weighted by molar-refractivity contribution is 6.03. The predicted octanol–water partition coefficient (Wildman–Crippen LogP) is 2.74. The zero-order valence-electron chi connectivity index (χ0n) is 18.8. The molecule has 0 aromatic heterocycles. The Bertz CT molecular complexity index is 799. The Morgan fingerprint density at radius 2 is 1.23 bits per heavy atom. The Kier molecular flexibility index (Phi) is 11.4. The summed E-state index contributed by atoms with van der Waals surface area (Å²) in [5.74, 6) is -4.94. The summed E-state index contributed by atoms with van der Waals surface area (Å²) >= 11 is 0. The van der Waals surface area contributed by atoms with Crippen LogP contribution < -0.4 is 0 Å². The average molecular weight is 436 g/mol. The molecule has 1 fully saturated rings. The highest BCUT2D eigenvalue weighted by Gasteiger charge is 2.33. The van der Waals surface area contributed by atoms with Crippen LogP contribution in [-0.2, 0) is 28.9 Å². The predicted molar refractivity (Wildman–Crippen MR) is 109 cm³/mol. The fourth-order valence-electron chi connectivity index (χ4n) is 2.30. The van der Waals surface area contributed by atoms with Crippen molar-refractivity contribution >= 4 is 35.6 Å². The molecule has 0 atom stereocenters. The summed E-state index contributed by atoms with van der Waals surface area (Å²) in [5.41, 5.74) is 0.216. The van der Waals surface area contributed by atoms with Crippen molar-refractivity contribution in [1.29, 1.82) is 0 Å². The molecule has 2 rings (SSSR count). The van der Waals surface area contributed by atoms with Crippen LogP contribution in [-0.4, -0.2) is 45.7 Å². The number of nitrogens with zero attached hydrogens (tertiary/aromatic N) is 2. The lowest BCUT2D eigenvalue weighted by atomic mass is 10.1. The van der Waals surface area contributed by atoms with Crippen molar-refractivity contribution in [3.05, 3.63) is 34.9 Å². The fourth-order valence-corrected chi connectivity index (χ4v) is 2.30. The van der Waals surface area contributed by atoms with Crippen molar-refractivity contribution in [3.63, 3.8) is 0 Å². The van der Waals surface area contributed by atoms with Crippen LogP contribution in [0.15, 0.2) is 18.2 Å². The molecule has 0 radical (unpaired) electrons. The quantitative estimate of drug-likeness (QED) is 0.523. The summed E-state index contributed by atoms with van der Waals surface area (Å²) in [6.45, 7) is 11.7. The molecular weight excluding hydrogens is 408 g/mol. The summed E-state index contributed by atoms with van der Waals surface area (Å²) in [4.78, 5) is 79.7. The van der Waals surface area contributed by atoms with Gasteiger partial charge in [-0.15, -0.1) is 10.1 Å². The molecule has 0 N–H and O–H groups in total. The second-order valence-corrected chi connectivity index (χ2v) is 5.76. The third-order valence-corrected chi connectivity index (χ3v) is 3.47. The zero-order valence-corrected chi connectivity index (χ0v) is 18.8. The summed E-state index contributed by atoms with van der Waals surface area (Å²) in [7, 11) is 0. The third kappa shape index (κ3) is 7.65. The first-order chi connectivity index (χ1) is 14.6. The monoisotopic (exact) mass is 436 g/mol. The molecule has 1 aromatic carbocycles. The van der Waals surface area contributed by atoms with Crippen molar-refractivity contribution in [1.82, 2.24) is 10.1 Å². The second-order valence-electron chi connectivity index (χ2n) is 5.76. The van der Waals surface area contributed by atoms with Crippen LogP contribution in [0, 0.1) is 6.92 Å². The minimum Gasteiger partial charge on any atom is -0.325 e. The Balaban J connectivity index is 0.00000212. The van der Waals surface area contributed by atoms with Gasteiger partial charge in [0.05, 0.1) is 11.1 Å². The maximum absolute atomic E-state index is 12.2. The van der Waals surface area contributed by atoms with Crippen molar-refractivity contribution in [2.45, 2.75) is 61.3 Å². The first-order valence-electron chi connectivity index (χ1n) is 9.83. The van der Waals surface area contributed by atoms with E-state index in [2.05, 4.69) is 0 Å². The third-order valence-electron chi connectivity index (χ3n) is 3.47. The van der Waals surface area contributed by atoms with Gasteiger partial charge in [-0.1, -0.05) is 27.7 Å². The number of aryl methyl sites for hydroxylation is 1. The van der Waals surface area contributed by atoms with E-state index in [9.17, 15) is 28.8 Å². The van der Waals surface area contributed by atoms with Crippen LogP contribution in [0.25, 0.3) is 0 Å². The topological polar surface area (TPSA) is 127 Å². The summed E-state index contributed by atoms with van der Waals surface area (Å²) < 4.78 is 0. The number of imide groups is 2. The molecule has 1 aromatic rings. The molecular formula is C21H28N2O8. The molecule has 10 heteroatoms. The van der Waals surface area contributed by atoms with Crippen LogP contribution in [0.2, 0.25) is 0 Å². The number of rotatable bonds is 3. The molecule has 1 aliphatic rings. The molecule has 0 saturated carbocycles. The number of amides is 4. The van der Waals surface area contributed by atoms with Crippen LogP contribution >= 0.6 is 0 Å². The average Bonchev–Trinajstić information content (AvgIpc) is 3.05. The van der Waals surface area contributed by atoms with E-state index < -0.39 is 35.6 Å². The lowest BCUT2D eigenvalue weighted by molar-refractivity contribution is -0.177. The Hall–Kier alpha value is -3.56. The van der Waals surface area contributed by atoms with Crippen molar-refractivity contribution < 1.29 is 38.4 Å². The molecule has 0 bridgehead atoms. The minimum absolute atomic E-state index is 0.0521. The first kappa shape index (κ1) is 27.4. The van der Waals surface area contributed by atoms with E-state index in [0.29, 0.717) is 10.6 Å². The van der Waals surface area contributed by atoms with Gasteiger partial charge in [0.2, 0.25) is 0 Å². The molecule has 1 heterocycles. The Labute approximate surface area is 181 Å². The number of benzene rings is 1. The van der Waals surface area contributed by atoms with Gasteiger partial charge in [-0.25, -0.2) is 9.59 Å². The number of carbonyl (C=O) groups excluding carboxylic acids is 6. The Morgan fingerprint density at radius 1 is 0.806 bits per heavy atom. The molecule has 10 nitrogen and oxygen atoms in total. The van der Waals surface area contributed by atoms with Gasteiger partial charge in [0, 0.05) is 26.7 Å². The van der Waals surface area contributed by atoms with Crippen LogP contribution in [0.1, 0.15) is 80.7 Å². The maximum Gasteiger partial charge on any atom is 0.363 e. The smallest absolute Gasteiger partial charge is 0.325 e. The molecule has 0 unspecified atom stereocenters. The summed E-state index contributed by atoms with van der Waals surface area (Å²) in [6.07, 6.45) is -0.104. The van der Waals surface area contributed by atoms with E-state index in [1.807, 2.05) is 27.7 Å². The number of carbonyl (C=O) groups is 6. The van der Waals surface area contributed by atoms with Crippen LogP contribution in [0.3, 0.4) is 0 Å². The zero-order chi connectivity index (χ0) is 24.3. The van der Waals surface area contributed by atoms with Crippen LogP contribution in [0.5, 0.6) is 0 Å². The molecule has 4 amide bonds. The standard InChI is InChI=1S/C17H16N2O8.2C2H6/c1-9-6-12(16(24)26-18(10(2)20)11(3)21)8-13(7-9)17(25)27-19-14(22)4-5-15(19)23;2*1-2/h6-8H,4-5H2,1-3H3;2*1-2H3. The molecule has 0 spiro atoms. The molecule has 0 aliphatic carbocycles. The van der Waals surface area contributed by atoms with Gasteiger partial charge in [-0.2, -0.15) is 0 Å². The van der Waals surface area contributed by atoms with E-state index in [1.54, 1.807) is 6.92 Å². The van der Waals surface area contributed by atoms with E-state index >= 15 is 0 Å². The second kappa shape index (κ2) is 12.9. The molecule has 1 aliphatic heterocycles. The molecule has 1 saturated heterocycles. The van der Waals surface area contributed by atoms with E-state index in [1.165, 1.54) is 12.1 Å². The van der Waals surface area contributed by atoms with Crippen molar-refractivity contribution in [2.24, 2.45) is 0 Å². The lowest BCUT2D eigenvalue weighted by Gasteiger charge is -2.16. The van der Waals surface area contributed by atoms with Crippen LogP contribution in [0.4, 0.5) is 0 Å².